The highest BCUT2D eigenvalue weighted by Crippen LogP contribution is 2.39. The van der Waals surface area contributed by atoms with Crippen LogP contribution in [0, 0.1) is 5.82 Å². The lowest BCUT2D eigenvalue weighted by molar-refractivity contribution is -0.122. The summed E-state index contributed by atoms with van der Waals surface area (Å²) in [6.07, 6.45) is 4.80. The van der Waals surface area contributed by atoms with E-state index in [-0.39, 0.29) is 36.0 Å². The minimum Gasteiger partial charge on any atom is -0.504 e. The number of rotatable bonds is 7. The van der Waals surface area contributed by atoms with E-state index in [1.54, 1.807) is 24.6 Å². The number of aromatic nitrogens is 1. The molecule has 1 aliphatic rings. The predicted octanol–water partition coefficient (Wildman–Crippen LogP) is 3.94. The highest BCUT2D eigenvalue weighted by molar-refractivity contribution is 6.21. The maximum absolute atomic E-state index is 13.3. The van der Waals surface area contributed by atoms with Crippen LogP contribution < -0.4 is 5.32 Å². The number of carbonyl (C=O) groups is 2. The maximum Gasteiger partial charge on any atom is 0.347 e. The third-order valence-corrected chi connectivity index (χ3v) is 4.70. The molecule has 182 valence electrons. The Labute approximate surface area is 200 Å². The average molecular weight is 482 g/mol. The van der Waals surface area contributed by atoms with E-state index in [2.05, 4.69) is 15.3 Å². The summed E-state index contributed by atoms with van der Waals surface area (Å²) in [5.41, 5.74) is 1.75. The molecule has 11 heteroatoms. The van der Waals surface area contributed by atoms with Gasteiger partial charge in [0.1, 0.15) is 12.4 Å². The second kappa shape index (κ2) is 11.6. The normalized spacial score (nSPS) is 12.7. The van der Waals surface area contributed by atoms with Gasteiger partial charge in [-0.1, -0.05) is 0 Å². The fourth-order valence-corrected chi connectivity index (χ4v) is 3.05. The van der Waals surface area contributed by atoms with Crippen molar-refractivity contribution in [1.29, 1.82) is 0 Å². The fourth-order valence-electron chi connectivity index (χ4n) is 3.05. The van der Waals surface area contributed by atoms with E-state index in [9.17, 15) is 14.3 Å². The molecule has 0 bridgehead atoms. The lowest BCUT2D eigenvalue weighted by Crippen LogP contribution is -2.20. The Kier molecular flexibility index (Phi) is 8.30. The number of nitrogens with zero attached hydrogens (tertiary/aromatic N) is 3. The van der Waals surface area contributed by atoms with Crippen LogP contribution in [0.3, 0.4) is 0 Å². The number of anilines is 2. The smallest absolute Gasteiger partial charge is 0.347 e. The second-order valence-electron chi connectivity index (χ2n) is 7.43. The first-order valence-corrected chi connectivity index (χ1v) is 10.3. The summed E-state index contributed by atoms with van der Waals surface area (Å²) in [7, 11) is 3.70. The van der Waals surface area contributed by atoms with Gasteiger partial charge in [0.2, 0.25) is 5.88 Å². The minimum atomic E-state index is -0.746. The first kappa shape index (κ1) is 25.1. The molecule has 0 spiro atoms. The molecule has 4 rings (SSSR count). The zero-order chi connectivity index (χ0) is 25.4. The molecule has 1 aromatic carbocycles. The average Bonchev–Trinajstić information content (AvgIpc) is 3.36. The Morgan fingerprint density at radius 2 is 1.97 bits per heavy atom. The quantitative estimate of drug-likeness (QED) is 0.338. The Morgan fingerprint density at radius 1 is 1.26 bits per heavy atom. The van der Waals surface area contributed by atoms with Gasteiger partial charge in [0.15, 0.2) is 22.9 Å². The molecule has 0 amide bonds. The number of benzene rings is 1. The largest absolute Gasteiger partial charge is 0.504 e. The van der Waals surface area contributed by atoms with Crippen molar-refractivity contribution in [3.8, 4) is 5.75 Å². The summed E-state index contributed by atoms with van der Waals surface area (Å²) < 4.78 is 24.3. The van der Waals surface area contributed by atoms with Crippen molar-refractivity contribution in [1.82, 2.24) is 9.88 Å². The first-order chi connectivity index (χ1) is 16.8. The van der Waals surface area contributed by atoms with Gasteiger partial charge >= 0.3 is 5.97 Å². The molecule has 35 heavy (non-hydrogen) atoms. The number of halogens is 1. The summed E-state index contributed by atoms with van der Waals surface area (Å²) in [6.45, 7) is 0.400. The van der Waals surface area contributed by atoms with Gasteiger partial charge in [0, 0.05) is 35.8 Å². The molecular formula is C24H23FN4O6. The number of likely N-dealkylation sites (N-methyl/N-ethyl adjacent to an activating group) is 1. The monoisotopic (exact) mass is 482 g/mol. The van der Waals surface area contributed by atoms with Gasteiger partial charge in [0.05, 0.1) is 0 Å². The van der Waals surface area contributed by atoms with Crippen LogP contribution in [-0.4, -0.2) is 66.0 Å². The minimum absolute atomic E-state index is 0.0165. The number of esters is 1. The Hall–Kier alpha value is -4.51. The van der Waals surface area contributed by atoms with Gasteiger partial charge in [-0.15, -0.1) is 0 Å². The van der Waals surface area contributed by atoms with Gasteiger partial charge in [-0.2, -0.15) is 0 Å². The Bertz CT molecular complexity index is 1250. The third-order valence-electron chi connectivity index (χ3n) is 4.70. The highest BCUT2D eigenvalue weighted by Gasteiger charge is 2.27. The molecule has 1 aliphatic heterocycles. The topological polar surface area (TPSA) is 137 Å². The molecule has 3 N–H and O–H groups in total. The molecule has 0 fully saturated rings. The SMILES string of the molecule is CN(C)CCOC(=O)c1c(Nc2ccc(F)cc2)oc(C=C2C=Nc3ncccc32)c1O.O=CO. The van der Waals surface area contributed by atoms with E-state index < -0.39 is 11.8 Å². The summed E-state index contributed by atoms with van der Waals surface area (Å²) >= 11 is 0. The number of hydrogen-bond donors (Lipinski definition) is 3. The van der Waals surface area contributed by atoms with Gasteiger partial charge in [-0.25, -0.2) is 19.2 Å². The van der Waals surface area contributed by atoms with Crippen molar-refractivity contribution in [2.24, 2.45) is 4.99 Å². The van der Waals surface area contributed by atoms with E-state index >= 15 is 0 Å². The number of fused-ring (bicyclic) bond motifs is 1. The zero-order valence-electron chi connectivity index (χ0n) is 18.9. The number of furan rings is 1. The molecule has 0 saturated heterocycles. The number of ether oxygens (including phenoxy) is 1. The van der Waals surface area contributed by atoms with Crippen molar-refractivity contribution in [2.45, 2.75) is 0 Å². The molecule has 0 unspecified atom stereocenters. The van der Waals surface area contributed by atoms with Crippen LogP contribution in [0.4, 0.5) is 21.8 Å². The predicted molar refractivity (Wildman–Crippen MR) is 128 cm³/mol. The van der Waals surface area contributed by atoms with E-state index in [0.717, 1.165) is 5.56 Å². The van der Waals surface area contributed by atoms with Crippen molar-refractivity contribution in [2.75, 3.05) is 32.6 Å². The van der Waals surface area contributed by atoms with Gasteiger partial charge in [0.25, 0.3) is 6.47 Å². The molecule has 10 nitrogen and oxygen atoms in total. The first-order valence-electron chi connectivity index (χ1n) is 10.3. The Morgan fingerprint density at radius 3 is 2.66 bits per heavy atom. The lowest BCUT2D eigenvalue weighted by Gasteiger charge is -2.10. The number of allylic oxidation sites excluding steroid dienone is 1. The molecular weight excluding hydrogens is 459 g/mol. The van der Waals surface area contributed by atoms with Crippen molar-refractivity contribution < 1.29 is 33.3 Å². The number of pyridine rings is 1. The number of nitrogens with one attached hydrogen (secondary N) is 1. The lowest BCUT2D eigenvalue weighted by atomic mass is 10.1. The van der Waals surface area contributed by atoms with Crippen LogP contribution in [-0.2, 0) is 9.53 Å². The molecule has 0 saturated carbocycles. The van der Waals surface area contributed by atoms with Crippen LogP contribution in [0.2, 0.25) is 0 Å². The van der Waals surface area contributed by atoms with Crippen LogP contribution >= 0.6 is 0 Å². The zero-order valence-corrected chi connectivity index (χ0v) is 18.9. The molecule has 2 aromatic heterocycles. The second-order valence-corrected chi connectivity index (χ2v) is 7.43. The van der Waals surface area contributed by atoms with Crippen molar-refractivity contribution >= 4 is 47.7 Å². The Balaban J connectivity index is 0.00000108. The molecule has 0 atom stereocenters. The number of aliphatic imine (C=N–C) groups is 1. The summed E-state index contributed by atoms with van der Waals surface area (Å²) in [6, 6.07) is 9.12. The molecule has 0 aliphatic carbocycles. The van der Waals surface area contributed by atoms with Crippen molar-refractivity contribution in [3.63, 3.8) is 0 Å². The standard InChI is InChI=1S/C23H21FN4O4.CH2O2/c1-28(2)10-11-31-23(30)19-20(29)18(12-14-13-26-21-17(14)4-3-9-25-21)32-22(19)27-16-7-5-15(24)6-8-16;2-1-3/h3-9,12-13,27,29H,10-11H2,1-2H3;1H,(H,2,3). The summed E-state index contributed by atoms with van der Waals surface area (Å²) in [5, 5.41) is 20.6. The third kappa shape index (κ3) is 6.30. The van der Waals surface area contributed by atoms with Crippen LogP contribution in [0.5, 0.6) is 5.75 Å². The highest BCUT2D eigenvalue weighted by atomic mass is 19.1. The van der Waals surface area contributed by atoms with Crippen LogP contribution in [0.15, 0.2) is 52.0 Å². The van der Waals surface area contributed by atoms with Gasteiger partial charge in [-0.3, -0.25) is 4.79 Å². The van der Waals surface area contributed by atoms with Crippen molar-refractivity contribution in [3.05, 3.63) is 65.3 Å². The molecule has 0 radical (unpaired) electrons. The van der Waals surface area contributed by atoms with Gasteiger partial charge in [-0.05, 0) is 56.6 Å². The van der Waals surface area contributed by atoms with E-state index in [1.807, 2.05) is 25.1 Å². The van der Waals surface area contributed by atoms with E-state index in [4.69, 9.17) is 19.1 Å². The number of hydrogen-bond acceptors (Lipinski definition) is 9. The fraction of sp³-hybridized carbons (Fsp3) is 0.167. The van der Waals surface area contributed by atoms with E-state index in [0.29, 0.717) is 23.6 Å². The summed E-state index contributed by atoms with van der Waals surface area (Å²) in [5.74, 6) is -0.936. The summed E-state index contributed by atoms with van der Waals surface area (Å²) in [4.78, 5) is 31.4. The maximum atomic E-state index is 13.3. The van der Waals surface area contributed by atoms with Crippen LogP contribution in [0.1, 0.15) is 21.7 Å². The molecule has 3 heterocycles. The number of aromatic hydroxyl groups is 1. The van der Waals surface area contributed by atoms with Crippen LogP contribution in [0.25, 0.3) is 11.6 Å². The molecule has 3 aromatic rings. The van der Waals surface area contributed by atoms with E-state index in [1.165, 1.54) is 24.3 Å². The number of carbonyl (C=O) groups excluding carboxylic acids is 1. The number of carboxylic acid groups (broad SMARTS) is 1. The van der Waals surface area contributed by atoms with Gasteiger partial charge < -0.3 is 29.6 Å².